The molecule has 0 aliphatic carbocycles. The molecule has 3 fully saturated rings. The second-order valence-corrected chi connectivity index (χ2v) is 8.28. The molecule has 7 heteroatoms. The van der Waals surface area contributed by atoms with Gasteiger partial charge in [-0.2, -0.15) is 0 Å². The normalized spacial score (nSPS) is 26.6. The van der Waals surface area contributed by atoms with Crippen LogP contribution in [-0.4, -0.2) is 46.7 Å². The van der Waals surface area contributed by atoms with Crippen LogP contribution in [0.1, 0.15) is 46.7 Å². The minimum absolute atomic E-state index is 0.0312. The molecule has 1 amide bonds. The summed E-state index contributed by atoms with van der Waals surface area (Å²) < 4.78 is 5.67. The smallest absolute Gasteiger partial charge is 0.279 e. The molecule has 2 atom stereocenters. The monoisotopic (exact) mass is 385 g/mol. The quantitative estimate of drug-likeness (QED) is 0.799. The lowest BCUT2D eigenvalue weighted by molar-refractivity contribution is 0.0217. The highest BCUT2D eigenvalue weighted by molar-refractivity contribution is 7.15. The number of thiazole rings is 1. The van der Waals surface area contributed by atoms with Gasteiger partial charge in [0, 0.05) is 24.6 Å². The van der Waals surface area contributed by atoms with Gasteiger partial charge >= 0.3 is 0 Å². The maximum atomic E-state index is 12.7. The van der Waals surface area contributed by atoms with E-state index in [0.29, 0.717) is 33.3 Å². The molecule has 4 heterocycles. The van der Waals surface area contributed by atoms with Crippen LogP contribution in [0.5, 0.6) is 10.9 Å². The minimum atomic E-state index is -0.0414. The largest absolute Gasteiger partial charge is 0.431 e. The molecular weight excluding hydrogens is 362 g/mol. The molecule has 0 radical (unpaired) electrons. The zero-order valence-electron chi connectivity index (χ0n) is 15.5. The Kier molecular flexibility index (Phi) is 4.97. The summed E-state index contributed by atoms with van der Waals surface area (Å²) in [5.74, 6) is 1.10. The number of fused-ring (bicyclic) bond motifs is 3. The standard InChI is InChI=1S/C20H23N3O3S/c1-12-18(14-7-9-23(12)10-8-14)22-19(25)15-3-5-16(6-4-15)26-20-21-11-17(27-20)13(2)24/h3-6,11-12,14,18H,7-10H2,1-2H3,(H,22,25). The number of hydrogen-bond acceptors (Lipinski definition) is 6. The summed E-state index contributed by atoms with van der Waals surface area (Å²) in [7, 11) is 0. The average molecular weight is 385 g/mol. The molecule has 1 aromatic heterocycles. The second kappa shape index (κ2) is 7.40. The van der Waals surface area contributed by atoms with Gasteiger partial charge in [0.25, 0.3) is 11.1 Å². The van der Waals surface area contributed by atoms with Crippen molar-refractivity contribution >= 4 is 23.0 Å². The van der Waals surface area contributed by atoms with Crippen molar-refractivity contribution in [1.82, 2.24) is 15.2 Å². The van der Waals surface area contributed by atoms with Gasteiger partial charge in [-0.1, -0.05) is 11.3 Å². The van der Waals surface area contributed by atoms with Crippen molar-refractivity contribution in [3.8, 4) is 10.9 Å². The fourth-order valence-corrected chi connectivity index (χ4v) is 4.70. The molecule has 5 rings (SSSR count). The van der Waals surface area contributed by atoms with Crippen LogP contribution in [0.15, 0.2) is 30.5 Å². The first-order valence-corrected chi connectivity index (χ1v) is 10.1. The summed E-state index contributed by atoms with van der Waals surface area (Å²) in [6.45, 7) is 6.00. The van der Waals surface area contributed by atoms with E-state index < -0.39 is 0 Å². The molecule has 142 valence electrons. The zero-order valence-corrected chi connectivity index (χ0v) is 16.3. The first-order chi connectivity index (χ1) is 13.0. The average Bonchev–Trinajstić information content (AvgIpc) is 3.14. The van der Waals surface area contributed by atoms with E-state index in [0.717, 1.165) is 25.9 Å². The van der Waals surface area contributed by atoms with Crippen LogP contribution in [0.3, 0.4) is 0 Å². The third-order valence-electron chi connectivity index (χ3n) is 5.63. The van der Waals surface area contributed by atoms with E-state index >= 15 is 0 Å². The first-order valence-electron chi connectivity index (χ1n) is 9.31. The summed E-state index contributed by atoms with van der Waals surface area (Å²) >= 11 is 1.21. The molecular formula is C20H23N3O3S. The molecule has 1 aromatic carbocycles. The summed E-state index contributed by atoms with van der Waals surface area (Å²) in [6.07, 6.45) is 3.84. The number of nitrogens with one attached hydrogen (secondary N) is 1. The molecule has 1 N–H and O–H groups in total. The predicted molar refractivity (Wildman–Crippen MR) is 104 cm³/mol. The van der Waals surface area contributed by atoms with Crippen LogP contribution >= 0.6 is 11.3 Å². The lowest BCUT2D eigenvalue weighted by Gasteiger charge is -2.49. The highest BCUT2D eigenvalue weighted by Crippen LogP contribution is 2.32. The molecule has 3 saturated heterocycles. The molecule has 3 aliphatic rings. The number of carbonyl (C=O) groups excluding carboxylic acids is 2. The van der Waals surface area contributed by atoms with E-state index in [1.54, 1.807) is 24.3 Å². The Hall–Kier alpha value is -2.25. The van der Waals surface area contributed by atoms with Crippen LogP contribution < -0.4 is 10.1 Å². The maximum absolute atomic E-state index is 12.7. The number of nitrogens with zero attached hydrogens (tertiary/aromatic N) is 2. The molecule has 2 unspecified atom stereocenters. The van der Waals surface area contributed by atoms with Crippen LogP contribution in [0.25, 0.3) is 0 Å². The van der Waals surface area contributed by atoms with Crippen molar-refractivity contribution in [2.45, 2.75) is 38.8 Å². The summed E-state index contributed by atoms with van der Waals surface area (Å²) in [5.41, 5.74) is 0.620. The topological polar surface area (TPSA) is 71.5 Å². The SMILES string of the molecule is CC(=O)c1cnc(Oc2ccc(C(=O)NC3C4CCN(CC4)C3C)cc2)s1. The highest BCUT2D eigenvalue weighted by Gasteiger charge is 2.40. The van der Waals surface area contributed by atoms with Gasteiger partial charge < -0.3 is 10.1 Å². The maximum Gasteiger partial charge on any atom is 0.279 e. The zero-order chi connectivity index (χ0) is 19.0. The lowest BCUT2D eigenvalue weighted by atomic mass is 9.79. The van der Waals surface area contributed by atoms with Crippen molar-refractivity contribution in [2.24, 2.45) is 5.92 Å². The molecule has 6 nitrogen and oxygen atoms in total. The Morgan fingerprint density at radius 1 is 1.22 bits per heavy atom. The minimum Gasteiger partial charge on any atom is -0.431 e. The molecule has 2 bridgehead atoms. The Labute approximate surface area is 162 Å². The summed E-state index contributed by atoms with van der Waals surface area (Å²) in [4.78, 5) is 31.1. The van der Waals surface area contributed by atoms with Crippen molar-refractivity contribution in [3.05, 3.63) is 40.9 Å². The van der Waals surface area contributed by atoms with E-state index in [2.05, 4.69) is 22.1 Å². The second-order valence-electron chi connectivity index (χ2n) is 7.29. The Morgan fingerprint density at radius 3 is 2.52 bits per heavy atom. The Morgan fingerprint density at radius 2 is 1.93 bits per heavy atom. The van der Waals surface area contributed by atoms with E-state index in [1.807, 2.05) is 0 Å². The van der Waals surface area contributed by atoms with Gasteiger partial charge in [0.05, 0.1) is 11.1 Å². The Balaban J connectivity index is 1.39. The van der Waals surface area contributed by atoms with Crippen molar-refractivity contribution in [1.29, 1.82) is 0 Å². The molecule has 0 saturated carbocycles. The van der Waals surface area contributed by atoms with Gasteiger partial charge in [-0.3, -0.25) is 14.5 Å². The number of aromatic nitrogens is 1. The number of piperidine rings is 3. The van der Waals surface area contributed by atoms with Gasteiger partial charge in [0.15, 0.2) is 5.78 Å². The van der Waals surface area contributed by atoms with Crippen LogP contribution in [-0.2, 0) is 0 Å². The fourth-order valence-electron chi connectivity index (χ4n) is 4.02. The number of ether oxygens (including phenoxy) is 1. The number of amides is 1. The van der Waals surface area contributed by atoms with Crippen LogP contribution in [0.2, 0.25) is 0 Å². The van der Waals surface area contributed by atoms with E-state index in [-0.39, 0.29) is 17.7 Å². The van der Waals surface area contributed by atoms with Gasteiger partial charge in [-0.25, -0.2) is 4.98 Å². The Bertz CT molecular complexity index is 838. The number of Topliss-reactive ketones (excluding diaryl/α,β-unsaturated/α-hetero) is 1. The highest BCUT2D eigenvalue weighted by atomic mass is 32.1. The number of hydrogen-bond donors (Lipinski definition) is 1. The van der Waals surface area contributed by atoms with E-state index in [4.69, 9.17) is 4.74 Å². The van der Waals surface area contributed by atoms with Gasteiger partial charge in [0.2, 0.25) is 0 Å². The number of benzene rings is 1. The van der Waals surface area contributed by atoms with Crippen molar-refractivity contribution < 1.29 is 14.3 Å². The van der Waals surface area contributed by atoms with Gasteiger partial charge in [-0.05, 0) is 63.0 Å². The van der Waals surface area contributed by atoms with Gasteiger partial charge in [0.1, 0.15) is 5.75 Å². The fraction of sp³-hybridized carbons (Fsp3) is 0.450. The third-order valence-corrected chi connectivity index (χ3v) is 6.60. The third kappa shape index (κ3) is 3.75. The molecule has 2 aromatic rings. The van der Waals surface area contributed by atoms with Crippen LogP contribution in [0.4, 0.5) is 0 Å². The van der Waals surface area contributed by atoms with Gasteiger partial charge in [-0.15, -0.1) is 0 Å². The molecule has 27 heavy (non-hydrogen) atoms. The first kappa shape index (κ1) is 18.1. The molecule has 3 aliphatic heterocycles. The lowest BCUT2D eigenvalue weighted by Crippen LogP contribution is -2.62. The van der Waals surface area contributed by atoms with E-state index in [9.17, 15) is 9.59 Å². The number of ketones is 1. The van der Waals surface area contributed by atoms with E-state index in [1.165, 1.54) is 24.5 Å². The predicted octanol–water partition coefficient (Wildman–Crippen LogP) is 3.35. The number of rotatable bonds is 5. The van der Waals surface area contributed by atoms with Crippen LogP contribution in [0, 0.1) is 5.92 Å². The summed E-state index contributed by atoms with van der Waals surface area (Å²) in [6, 6.07) is 7.64. The number of carbonyl (C=O) groups is 2. The molecule has 0 spiro atoms. The van der Waals surface area contributed by atoms with Crippen molar-refractivity contribution in [2.75, 3.05) is 13.1 Å². The van der Waals surface area contributed by atoms with Crippen molar-refractivity contribution in [3.63, 3.8) is 0 Å². The summed E-state index contributed by atoms with van der Waals surface area (Å²) in [5, 5.41) is 3.65.